The highest BCUT2D eigenvalue weighted by Crippen LogP contribution is 2.33. The molecule has 0 aromatic carbocycles. The number of alkyl carbamates (subject to hydrolysis) is 1. The van der Waals surface area contributed by atoms with Crippen LogP contribution in [0.15, 0.2) is 0 Å². The molecule has 0 radical (unpaired) electrons. The Labute approximate surface area is 163 Å². The van der Waals surface area contributed by atoms with Gasteiger partial charge in [0.1, 0.15) is 6.04 Å². The number of rotatable bonds is 12. The van der Waals surface area contributed by atoms with Gasteiger partial charge in [-0.2, -0.15) is 11.8 Å². The van der Waals surface area contributed by atoms with Crippen molar-refractivity contribution in [3.8, 4) is 0 Å². The van der Waals surface area contributed by atoms with Gasteiger partial charge in [-0.1, -0.05) is 12.8 Å². The summed E-state index contributed by atoms with van der Waals surface area (Å²) < 4.78 is 5.12. The summed E-state index contributed by atoms with van der Waals surface area (Å²) in [5.74, 6) is -0.0297. The van der Waals surface area contributed by atoms with Crippen LogP contribution in [0.5, 0.6) is 0 Å². The summed E-state index contributed by atoms with van der Waals surface area (Å²) in [5.41, 5.74) is 5.40. The lowest BCUT2D eigenvalue weighted by molar-refractivity contribution is -0.138. The third-order valence-corrected chi connectivity index (χ3v) is 6.34. The largest absolute Gasteiger partial charge is 0.480 e. The van der Waals surface area contributed by atoms with Crippen LogP contribution in [0.4, 0.5) is 9.59 Å². The van der Waals surface area contributed by atoms with Crippen LogP contribution in [-0.2, 0) is 9.53 Å². The smallest absolute Gasteiger partial charge is 0.407 e. The Balaban J connectivity index is 1.40. The molecule has 0 aromatic rings. The predicted octanol–water partition coefficient (Wildman–Crippen LogP) is 1.02. The number of hydrogen-bond donors (Lipinski definition) is 5. The molecule has 2 rings (SSSR count). The molecule has 2 fully saturated rings. The molecule has 0 bridgehead atoms. The van der Waals surface area contributed by atoms with Crippen LogP contribution in [-0.4, -0.2) is 65.5 Å². The number of hydrogen-bond acceptors (Lipinski definition) is 6. The first-order chi connectivity index (χ1) is 13.0. The topological polar surface area (TPSA) is 143 Å². The molecule has 2 aliphatic heterocycles. The summed E-state index contributed by atoms with van der Waals surface area (Å²) in [5, 5.41) is 17.7. The molecule has 2 aliphatic rings. The van der Waals surface area contributed by atoms with Gasteiger partial charge in [-0.15, -0.1) is 0 Å². The van der Waals surface area contributed by atoms with Gasteiger partial charge < -0.3 is 31.5 Å². The van der Waals surface area contributed by atoms with Crippen LogP contribution in [0.2, 0.25) is 0 Å². The van der Waals surface area contributed by atoms with Crippen molar-refractivity contribution in [2.75, 3.05) is 18.9 Å². The van der Waals surface area contributed by atoms with Gasteiger partial charge in [-0.3, -0.25) is 4.79 Å². The molecule has 6 N–H and O–H groups in total. The predicted molar refractivity (Wildman–Crippen MR) is 103 cm³/mol. The molecule has 0 spiro atoms. The number of nitrogens with one attached hydrogen (secondary N) is 3. The van der Waals surface area contributed by atoms with E-state index in [1.807, 2.05) is 11.8 Å². The second-order valence-electron chi connectivity index (χ2n) is 6.97. The SMILES string of the molecule is N[C@@H](CCCCNC(=O)OCCCCCC1SCC2NC(=O)NC21)C(=O)O. The molecule has 10 heteroatoms. The Morgan fingerprint density at radius 2 is 2.07 bits per heavy atom. The van der Waals surface area contributed by atoms with Crippen molar-refractivity contribution in [3.63, 3.8) is 0 Å². The third-order valence-electron chi connectivity index (χ3n) is 4.83. The number of carbonyl (C=O) groups is 3. The fourth-order valence-corrected chi connectivity index (χ4v) is 4.83. The number of amides is 3. The van der Waals surface area contributed by atoms with Crippen LogP contribution in [0.25, 0.3) is 0 Å². The minimum Gasteiger partial charge on any atom is -0.480 e. The fraction of sp³-hybridized carbons (Fsp3) is 0.824. The number of urea groups is 1. The highest BCUT2D eigenvalue weighted by molar-refractivity contribution is 8.00. The minimum absolute atomic E-state index is 0.0561. The van der Waals surface area contributed by atoms with Gasteiger partial charge in [0.05, 0.1) is 18.7 Å². The van der Waals surface area contributed by atoms with Crippen molar-refractivity contribution in [2.45, 2.75) is 68.3 Å². The average molecular weight is 403 g/mol. The summed E-state index contributed by atoms with van der Waals surface area (Å²) >= 11 is 1.91. The quantitative estimate of drug-likeness (QED) is 0.242. The fourth-order valence-electron chi connectivity index (χ4n) is 3.29. The van der Waals surface area contributed by atoms with Gasteiger partial charge in [0.15, 0.2) is 0 Å². The summed E-state index contributed by atoms with van der Waals surface area (Å²) in [6.07, 6.45) is 5.17. The lowest BCUT2D eigenvalue weighted by atomic mass is 10.0. The standard InChI is InChI=1S/C17H30N4O5S/c18-11(15(22)23)6-3-4-8-19-17(25)26-9-5-1-2-7-13-14-12(10-27-13)20-16(24)21-14/h11-14H,1-10,18H2,(H,19,25)(H,22,23)(H2,20,21,24)/t11-,12?,13?,14?/m0/s1. The molecule has 154 valence electrons. The van der Waals surface area contributed by atoms with E-state index < -0.39 is 18.1 Å². The van der Waals surface area contributed by atoms with Gasteiger partial charge in [0.25, 0.3) is 0 Å². The second-order valence-corrected chi connectivity index (χ2v) is 8.25. The normalized spacial score (nSPS) is 24.6. The number of thioether (sulfide) groups is 1. The minimum atomic E-state index is -1.00. The van der Waals surface area contributed by atoms with Gasteiger partial charge in [0, 0.05) is 17.5 Å². The van der Waals surface area contributed by atoms with E-state index in [-0.39, 0.29) is 18.1 Å². The number of carbonyl (C=O) groups excluding carboxylic acids is 2. The monoisotopic (exact) mass is 402 g/mol. The van der Waals surface area contributed by atoms with E-state index in [0.29, 0.717) is 37.7 Å². The summed E-state index contributed by atoms with van der Waals surface area (Å²) in [6, 6.07) is -0.389. The second kappa shape index (κ2) is 11.2. The molecular weight excluding hydrogens is 372 g/mol. The van der Waals surface area contributed by atoms with Gasteiger partial charge in [-0.25, -0.2) is 9.59 Å². The maximum atomic E-state index is 11.5. The van der Waals surface area contributed by atoms with E-state index in [2.05, 4.69) is 16.0 Å². The van der Waals surface area contributed by atoms with Crippen molar-refractivity contribution >= 4 is 29.9 Å². The lowest BCUT2D eigenvalue weighted by Crippen LogP contribution is -2.36. The van der Waals surface area contributed by atoms with E-state index >= 15 is 0 Å². The van der Waals surface area contributed by atoms with E-state index in [4.69, 9.17) is 15.6 Å². The highest BCUT2D eigenvalue weighted by atomic mass is 32.2. The van der Waals surface area contributed by atoms with Gasteiger partial charge in [0.2, 0.25) is 0 Å². The number of carboxylic acids is 1. The van der Waals surface area contributed by atoms with Crippen molar-refractivity contribution in [1.29, 1.82) is 0 Å². The van der Waals surface area contributed by atoms with E-state index in [0.717, 1.165) is 31.4 Å². The van der Waals surface area contributed by atoms with Crippen molar-refractivity contribution in [3.05, 3.63) is 0 Å². The van der Waals surface area contributed by atoms with Gasteiger partial charge in [-0.05, 0) is 32.1 Å². The molecule has 0 aromatic heterocycles. The van der Waals surface area contributed by atoms with E-state index in [1.54, 1.807) is 0 Å². The Morgan fingerprint density at radius 1 is 1.26 bits per heavy atom. The number of carboxylic acid groups (broad SMARTS) is 1. The van der Waals surface area contributed by atoms with Crippen molar-refractivity contribution in [1.82, 2.24) is 16.0 Å². The average Bonchev–Trinajstić information content (AvgIpc) is 3.16. The first-order valence-corrected chi connectivity index (χ1v) is 10.6. The molecule has 0 saturated carbocycles. The lowest BCUT2D eigenvalue weighted by Gasteiger charge is -2.16. The zero-order valence-electron chi connectivity index (χ0n) is 15.4. The Hall–Kier alpha value is -1.68. The number of fused-ring (bicyclic) bond motifs is 1. The zero-order valence-corrected chi connectivity index (χ0v) is 16.3. The van der Waals surface area contributed by atoms with Gasteiger partial charge >= 0.3 is 18.1 Å². The maximum absolute atomic E-state index is 11.5. The van der Waals surface area contributed by atoms with E-state index in [9.17, 15) is 14.4 Å². The number of aliphatic carboxylic acids is 1. The molecule has 9 nitrogen and oxygen atoms in total. The molecule has 4 atom stereocenters. The molecular formula is C17H30N4O5S. The van der Waals surface area contributed by atoms with Crippen molar-refractivity contribution < 1.29 is 24.2 Å². The number of nitrogens with two attached hydrogens (primary N) is 1. The van der Waals surface area contributed by atoms with Crippen molar-refractivity contribution in [2.24, 2.45) is 5.73 Å². The Morgan fingerprint density at radius 3 is 2.85 bits per heavy atom. The first-order valence-electron chi connectivity index (χ1n) is 9.55. The number of ether oxygens (including phenoxy) is 1. The Bertz CT molecular complexity index is 522. The molecule has 27 heavy (non-hydrogen) atoms. The summed E-state index contributed by atoms with van der Waals surface area (Å²) in [4.78, 5) is 33.4. The number of unbranched alkanes of at least 4 members (excludes halogenated alkanes) is 3. The van der Waals surface area contributed by atoms with E-state index in [1.165, 1.54) is 0 Å². The molecule has 2 saturated heterocycles. The maximum Gasteiger partial charge on any atom is 0.407 e. The van der Waals surface area contributed by atoms with Crippen LogP contribution in [0.3, 0.4) is 0 Å². The molecule has 3 unspecified atom stereocenters. The molecule has 2 heterocycles. The van der Waals surface area contributed by atoms with Crippen LogP contribution >= 0.6 is 11.8 Å². The van der Waals surface area contributed by atoms with Crippen LogP contribution in [0, 0.1) is 0 Å². The highest BCUT2D eigenvalue weighted by Gasteiger charge is 2.42. The third kappa shape index (κ3) is 7.45. The summed E-state index contributed by atoms with van der Waals surface area (Å²) in [6.45, 7) is 0.838. The Kier molecular flexibility index (Phi) is 8.99. The van der Waals surface area contributed by atoms with Crippen LogP contribution in [0.1, 0.15) is 44.9 Å². The zero-order chi connectivity index (χ0) is 19.6. The van der Waals surface area contributed by atoms with Crippen LogP contribution < -0.4 is 21.7 Å². The summed E-state index contributed by atoms with van der Waals surface area (Å²) in [7, 11) is 0. The molecule has 0 aliphatic carbocycles. The first kappa shape index (κ1) is 21.6. The molecule has 3 amide bonds.